The first-order valence-electron chi connectivity index (χ1n) is 6.74. The van der Waals surface area contributed by atoms with Crippen LogP contribution in [0.2, 0.25) is 0 Å². The van der Waals surface area contributed by atoms with Gasteiger partial charge in [0.25, 0.3) is 5.91 Å². The van der Waals surface area contributed by atoms with Gasteiger partial charge in [-0.05, 0) is 44.4 Å². The lowest BCUT2D eigenvalue weighted by atomic mass is 10.0. The summed E-state index contributed by atoms with van der Waals surface area (Å²) in [4.78, 5) is 14.4. The Labute approximate surface area is 114 Å². The van der Waals surface area contributed by atoms with Crippen molar-refractivity contribution in [1.29, 1.82) is 0 Å². The molecule has 0 bridgehead atoms. The fourth-order valence-corrected chi connectivity index (χ4v) is 2.44. The molecule has 1 heterocycles. The molecule has 0 spiro atoms. The minimum atomic E-state index is 0.112. The molecule has 3 nitrogen and oxygen atoms in total. The molecule has 0 aliphatic carbocycles. The van der Waals surface area contributed by atoms with Crippen LogP contribution in [0.5, 0.6) is 0 Å². The van der Waals surface area contributed by atoms with Gasteiger partial charge in [-0.2, -0.15) is 0 Å². The smallest absolute Gasteiger partial charge is 0.254 e. The number of likely N-dealkylation sites (tertiary alicyclic amines) is 1. The first-order valence-corrected chi connectivity index (χ1v) is 6.74. The maximum atomic E-state index is 12.4. The molecule has 19 heavy (non-hydrogen) atoms. The molecule has 1 fully saturated rings. The molecule has 100 valence electrons. The van der Waals surface area contributed by atoms with E-state index in [9.17, 15) is 4.79 Å². The minimum absolute atomic E-state index is 0.112. The first-order chi connectivity index (χ1) is 9.13. The van der Waals surface area contributed by atoms with Crippen molar-refractivity contribution in [2.75, 3.05) is 13.1 Å². The summed E-state index contributed by atoms with van der Waals surface area (Å²) < 4.78 is 0. The third-order valence-electron chi connectivity index (χ3n) is 3.62. The molecular formula is C16H20N2O. The van der Waals surface area contributed by atoms with Crippen molar-refractivity contribution in [2.45, 2.75) is 32.7 Å². The van der Waals surface area contributed by atoms with Crippen LogP contribution in [0.3, 0.4) is 0 Å². The summed E-state index contributed by atoms with van der Waals surface area (Å²) in [6, 6.07) is 6.06. The number of carbonyl (C=O) groups is 1. The molecule has 0 radical (unpaired) electrons. The van der Waals surface area contributed by atoms with Crippen molar-refractivity contribution < 1.29 is 4.79 Å². The second kappa shape index (κ2) is 5.90. The highest BCUT2D eigenvalue weighted by molar-refractivity contribution is 5.95. The van der Waals surface area contributed by atoms with Gasteiger partial charge in [-0.25, -0.2) is 0 Å². The van der Waals surface area contributed by atoms with E-state index in [2.05, 4.69) is 18.8 Å². The lowest BCUT2D eigenvalue weighted by Gasteiger charge is -2.21. The Morgan fingerprint density at radius 2 is 2.32 bits per heavy atom. The highest BCUT2D eigenvalue weighted by Crippen LogP contribution is 2.20. The van der Waals surface area contributed by atoms with Crippen LogP contribution in [-0.2, 0) is 0 Å². The normalized spacial score (nSPS) is 18.1. The van der Waals surface area contributed by atoms with Gasteiger partial charge in [0.05, 0.1) is 6.54 Å². The number of hydrogen-bond donors (Lipinski definition) is 1. The van der Waals surface area contributed by atoms with E-state index in [0.29, 0.717) is 12.6 Å². The van der Waals surface area contributed by atoms with Crippen LogP contribution in [0.4, 0.5) is 0 Å². The van der Waals surface area contributed by atoms with E-state index in [1.165, 1.54) is 0 Å². The zero-order valence-electron chi connectivity index (χ0n) is 11.6. The Kier molecular flexibility index (Phi) is 4.24. The molecule has 1 aromatic carbocycles. The molecule has 2 rings (SSSR count). The van der Waals surface area contributed by atoms with E-state index in [-0.39, 0.29) is 5.91 Å². The van der Waals surface area contributed by atoms with E-state index in [1.54, 1.807) is 0 Å². The summed E-state index contributed by atoms with van der Waals surface area (Å²) in [6.07, 6.45) is 2.19. The fraction of sp³-hybridized carbons (Fsp3) is 0.438. The number of aryl methyl sites for hydroxylation is 1. The number of carbonyl (C=O) groups excluding carboxylic acids is 1. The van der Waals surface area contributed by atoms with Crippen LogP contribution in [0, 0.1) is 18.8 Å². The van der Waals surface area contributed by atoms with Crippen LogP contribution < -0.4 is 5.73 Å². The topological polar surface area (TPSA) is 46.3 Å². The molecule has 1 saturated heterocycles. The molecule has 0 saturated carbocycles. The van der Waals surface area contributed by atoms with Crippen molar-refractivity contribution >= 4 is 5.91 Å². The molecule has 0 aromatic heterocycles. The molecule has 1 unspecified atom stereocenters. The van der Waals surface area contributed by atoms with Crippen molar-refractivity contribution in [2.24, 2.45) is 5.73 Å². The Balaban J connectivity index is 2.27. The van der Waals surface area contributed by atoms with Gasteiger partial charge in [-0.1, -0.05) is 17.9 Å². The summed E-state index contributed by atoms with van der Waals surface area (Å²) in [5, 5.41) is 0. The number of rotatable bonds is 1. The molecule has 1 aliphatic heterocycles. The monoisotopic (exact) mass is 256 g/mol. The lowest BCUT2D eigenvalue weighted by molar-refractivity contribution is 0.0747. The molecule has 1 aliphatic rings. The highest BCUT2D eigenvalue weighted by Gasteiger charge is 2.26. The zero-order valence-corrected chi connectivity index (χ0v) is 11.6. The summed E-state index contributed by atoms with van der Waals surface area (Å²) >= 11 is 0. The maximum absolute atomic E-state index is 12.4. The molecule has 3 heteroatoms. The standard InChI is InChI=1S/C16H20N2O/c1-12-7-8-15(11-14(12)6-3-9-17)16(19)18-10-4-5-13(18)2/h7-8,11,13H,4-5,9-10,17H2,1-2H3. The average molecular weight is 256 g/mol. The van der Waals surface area contributed by atoms with Crippen LogP contribution in [0.1, 0.15) is 41.3 Å². The van der Waals surface area contributed by atoms with Gasteiger partial charge in [-0.3, -0.25) is 4.79 Å². The van der Waals surface area contributed by atoms with E-state index >= 15 is 0 Å². The van der Waals surface area contributed by atoms with Gasteiger partial charge in [-0.15, -0.1) is 0 Å². The van der Waals surface area contributed by atoms with Crippen LogP contribution in [0.25, 0.3) is 0 Å². The van der Waals surface area contributed by atoms with Crippen LogP contribution in [0.15, 0.2) is 18.2 Å². The summed E-state index contributed by atoms with van der Waals surface area (Å²) in [6.45, 7) is 5.29. The van der Waals surface area contributed by atoms with E-state index in [4.69, 9.17) is 5.73 Å². The number of benzene rings is 1. The average Bonchev–Trinajstić information content (AvgIpc) is 2.83. The Hall–Kier alpha value is -1.79. The number of nitrogens with two attached hydrogens (primary N) is 1. The van der Waals surface area contributed by atoms with Gasteiger partial charge in [0, 0.05) is 23.7 Å². The van der Waals surface area contributed by atoms with E-state index in [0.717, 1.165) is 36.1 Å². The molecule has 1 atom stereocenters. The predicted molar refractivity (Wildman–Crippen MR) is 76.8 cm³/mol. The largest absolute Gasteiger partial charge is 0.336 e. The molecule has 1 amide bonds. The van der Waals surface area contributed by atoms with E-state index in [1.807, 2.05) is 30.0 Å². The van der Waals surface area contributed by atoms with Crippen molar-refractivity contribution in [3.8, 4) is 11.8 Å². The summed E-state index contributed by atoms with van der Waals surface area (Å²) in [5.74, 6) is 5.98. The van der Waals surface area contributed by atoms with Gasteiger partial charge in [0.15, 0.2) is 0 Å². The third kappa shape index (κ3) is 2.97. The van der Waals surface area contributed by atoms with Gasteiger partial charge < -0.3 is 10.6 Å². The Morgan fingerprint density at radius 1 is 1.53 bits per heavy atom. The number of nitrogens with zero attached hydrogens (tertiary/aromatic N) is 1. The highest BCUT2D eigenvalue weighted by atomic mass is 16.2. The van der Waals surface area contributed by atoms with Crippen LogP contribution in [-0.4, -0.2) is 29.9 Å². The lowest BCUT2D eigenvalue weighted by Crippen LogP contribution is -2.33. The third-order valence-corrected chi connectivity index (χ3v) is 3.62. The molecule has 1 aromatic rings. The van der Waals surface area contributed by atoms with Gasteiger partial charge in [0.1, 0.15) is 0 Å². The SMILES string of the molecule is Cc1ccc(C(=O)N2CCCC2C)cc1C#CCN. The number of amides is 1. The van der Waals surface area contributed by atoms with Crippen molar-refractivity contribution in [1.82, 2.24) is 4.90 Å². The van der Waals surface area contributed by atoms with Gasteiger partial charge in [0.2, 0.25) is 0 Å². The van der Waals surface area contributed by atoms with Crippen molar-refractivity contribution in [3.63, 3.8) is 0 Å². The van der Waals surface area contributed by atoms with Gasteiger partial charge >= 0.3 is 0 Å². The second-order valence-electron chi connectivity index (χ2n) is 5.03. The van der Waals surface area contributed by atoms with E-state index < -0.39 is 0 Å². The molecular weight excluding hydrogens is 236 g/mol. The van der Waals surface area contributed by atoms with Crippen molar-refractivity contribution in [3.05, 3.63) is 34.9 Å². The molecule has 2 N–H and O–H groups in total. The minimum Gasteiger partial charge on any atom is -0.336 e. The fourth-order valence-electron chi connectivity index (χ4n) is 2.44. The quantitative estimate of drug-likeness (QED) is 0.780. The van der Waals surface area contributed by atoms with Crippen LogP contribution >= 0.6 is 0 Å². The Morgan fingerprint density at radius 3 is 2.95 bits per heavy atom. The predicted octanol–water partition coefficient (Wildman–Crippen LogP) is 1.93. The zero-order chi connectivity index (χ0) is 13.8. The summed E-state index contributed by atoms with van der Waals surface area (Å²) in [5.41, 5.74) is 8.08. The maximum Gasteiger partial charge on any atom is 0.254 e. The first kappa shape index (κ1) is 13.6. The summed E-state index contributed by atoms with van der Waals surface area (Å²) in [7, 11) is 0. The Bertz CT molecular complexity index is 539. The number of hydrogen-bond acceptors (Lipinski definition) is 2. The second-order valence-corrected chi connectivity index (χ2v) is 5.03.